The van der Waals surface area contributed by atoms with Crippen LogP contribution in [-0.4, -0.2) is 29.0 Å². The summed E-state index contributed by atoms with van der Waals surface area (Å²) in [4.78, 5) is 12.3. The molecule has 0 saturated heterocycles. The van der Waals surface area contributed by atoms with Crippen LogP contribution in [-0.2, 0) is 4.74 Å². The number of halogens is 3. The molecule has 0 aromatic heterocycles. The number of fused-ring (bicyclic) bond motifs is 5. The highest BCUT2D eigenvalue weighted by Gasteiger charge is 2.61. The van der Waals surface area contributed by atoms with Gasteiger partial charge in [-0.3, -0.25) is 0 Å². The minimum absolute atomic E-state index is 0.146. The Morgan fingerprint density at radius 3 is 2.37 bits per heavy atom. The van der Waals surface area contributed by atoms with Crippen LogP contribution in [0.5, 0.6) is 0 Å². The van der Waals surface area contributed by atoms with Crippen LogP contribution in [0.1, 0.15) is 122 Å². The van der Waals surface area contributed by atoms with Crippen molar-refractivity contribution in [1.82, 2.24) is 0 Å². The lowest BCUT2D eigenvalue weighted by atomic mass is 9.43. The van der Waals surface area contributed by atoms with Crippen LogP contribution < -0.4 is 0 Å². The van der Waals surface area contributed by atoms with Crippen molar-refractivity contribution in [3.05, 3.63) is 35.9 Å². The molecule has 0 bridgehead atoms. The van der Waals surface area contributed by atoms with Crippen LogP contribution in [0.25, 0.3) is 0 Å². The maximum atomic E-state index is 13.8. The summed E-state index contributed by atoms with van der Waals surface area (Å²) in [6.45, 7) is 9.39. The second-order valence-corrected chi connectivity index (χ2v) is 14.9. The second-order valence-electron chi connectivity index (χ2n) is 14.9. The van der Waals surface area contributed by atoms with Crippen molar-refractivity contribution in [2.45, 2.75) is 129 Å². The van der Waals surface area contributed by atoms with E-state index in [0.717, 1.165) is 43.9 Å². The molecule has 5 rings (SSSR count). The van der Waals surface area contributed by atoms with Gasteiger partial charge in [-0.15, -0.1) is 0 Å². The molecule has 230 valence electrons. The Hall–Kier alpha value is -1.56. The highest BCUT2D eigenvalue weighted by Crippen LogP contribution is 2.69. The molecule has 4 aliphatic carbocycles. The smallest absolute Gasteiger partial charge is 0.425 e. The van der Waals surface area contributed by atoms with E-state index in [0.29, 0.717) is 35.5 Å². The molecule has 41 heavy (non-hydrogen) atoms. The fraction of sp³-hybridized carbons (Fsp3) is 0.800. The van der Waals surface area contributed by atoms with Gasteiger partial charge in [-0.25, -0.2) is 4.79 Å². The van der Waals surface area contributed by atoms with E-state index in [1.165, 1.54) is 50.7 Å². The fourth-order valence-electron chi connectivity index (χ4n) is 10.5. The number of carbonyl (C=O) groups excluding carboxylic acids is 1. The van der Waals surface area contributed by atoms with Crippen molar-refractivity contribution in [3.8, 4) is 0 Å². The first-order valence-electron chi connectivity index (χ1n) is 16.4. The van der Waals surface area contributed by atoms with E-state index in [9.17, 15) is 23.1 Å². The molecule has 4 aliphatic rings. The molecule has 4 fully saturated rings. The minimum atomic E-state index is -4.57. The van der Waals surface area contributed by atoms with Crippen LogP contribution in [0.3, 0.4) is 0 Å². The van der Waals surface area contributed by atoms with Crippen LogP contribution in [0.4, 0.5) is 13.2 Å². The molecule has 0 radical (unpaired) electrons. The predicted molar refractivity (Wildman–Crippen MR) is 155 cm³/mol. The quantitative estimate of drug-likeness (QED) is 0.314. The molecule has 0 unspecified atom stereocenters. The van der Waals surface area contributed by atoms with Crippen molar-refractivity contribution in [3.63, 3.8) is 0 Å². The Labute approximate surface area is 245 Å². The number of rotatable bonds is 8. The first-order valence-corrected chi connectivity index (χ1v) is 16.4. The number of hydrogen-bond donors (Lipinski definition) is 1. The SMILES string of the molecule is CC[C@]1(O)CC[C@@]2(C)[C@@H](CC[C@@H]3[C@@H]2CC[C@]2(C)[C@@H]([C@H](C)CCC[C@H](OC(=O)c4ccccc4)C(F)(F)F)CC[C@@H]32)C1. The van der Waals surface area contributed by atoms with Gasteiger partial charge in [-0.2, -0.15) is 13.2 Å². The lowest BCUT2D eigenvalue weighted by Crippen LogP contribution is -2.56. The van der Waals surface area contributed by atoms with Gasteiger partial charge in [0.05, 0.1) is 11.2 Å². The average Bonchev–Trinajstić information content (AvgIpc) is 3.30. The standard InChI is InChI=1S/C35H51F3O3/c1-5-34(40)21-20-32(3)25(22-34)14-15-26-28-17-16-27(33(28,4)19-18-29(26)32)23(2)10-9-13-30(35(36,37)38)41-31(39)24-11-7-6-8-12-24/h6-8,11-12,23,25-30,40H,5,9-10,13-22H2,1-4H3/t23-,25+,26+,27-,28+,29+,30+,32+,33-,34+/m1/s1. The average molecular weight is 577 g/mol. The third-order valence-corrected chi connectivity index (χ3v) is 13.0. The van der Waals surface area contributed by atoms with Crippen molar-refractivity contribution in [2.75, 3.05) is 0 Å². The van der Waals surface area contributed by atoms with Gasteiger partial charge in [0, 0.05) is 0 Å². The van der Waals surface area contributed by atoms with Gasteiger partial charge in [0.1, 0.15) is 0 Å². The predicted octanol–water partition coefficient (Wildman–Crippen LogP) is 9.38. The Balaban J connectivity index is 1.19. The molecule has 10 atom stereocenters. The zero-order chi connectivity index (χ0) is 29.6. The van der Waals surface area contributed by atoms with Crippen molar-refractivity contribution < 1.29 is 27.8 Å². The van der Waals surface area contributed by atoms with Crippen LogP contribution in [0, 0.1) is 46.3 Å². The molecule has 0 aliphatic heterocycles. The van der Waals surface area contributed by atoms with Crippen LogP contribution >= 0.6 is 0 Å². The van der Waals surface area contributed by atoms with Crippen molar-refractivity contribution >= 4 is 5.97 Å². The summed E-state index contributed by atoms with van der Waals surface area (Å²) < 4.78 is 46.3. The molecule has 0 heterocycles. The summed E-state index contributed by atoms with van der Waals surface area (Å²) in [6.07, 6.45) is 5.58. The topological polar surface area (TPSA) is 46.5 Å². The van der Waals surface area contributed by atoms with E-state index in [1.807, 2.05) is 0 Å². The molecule has 3 nitrogen and oxygen atoms in total. The molecule has 1 aromatic rings. The number of aliphatic hydroxyl groups is 1. The van der Waals surface area contributed by atoms with E-state index < -0.39 is 23.9 Å². The van der Waals surface area contributed by atoms with Crippen molar-refractivity contribution in [1.29, 1.82) is 0 Å². The van der Waals surface area contributed by atoms with Gasteiger partial charge in [0.2, 0.25) is 0 Å². The zero-order valence-corrected chi connectivity index (χ0v) is 25.5. The summed E-state index contributed by atoms with van der Waals surface area (Å²) in [7, 11) is 0. The molecule has 4 saturated carbocycles. The minimum Gasteiger partial charge on any atom is -0.449 e. The number of alkyl halides is 3. The maximum Gasteiger partial charge on any atom is 0.425 e. The van der Waals surface area contributed by atoms with E-state index in [-0.39, 0.29) is 17.4 Å². The van der Waals surface area contributed by atoms with Gasteiger partial charge < -0.3 is 9.84 Å². The number of ether oxygens (including phenoxy) is 1. The second kappa shape index (κ2) is 11.5. The summed E-state index contributed by atoms with van der Waals surface area (Å²) in [5, 5.41) is 11.1. The number of hydrogen-bond acceptors (Lipinski definition) is 3. The zero-order valence-electron chi connectivity index (χ0n) is 25.5. The molecule has 0 spiro atoms. The van der Waals surface area contributed by atoms with Gasteiger partial charge in [-0.05, 0) is 136 Å². The van der Waals surface area contributed by atoms with Gasteiger partial charge in [0.25, 0.3) is 0 Å². The fourth-order valence-corrected chi connectivity index (χ4v) is 10.5. The summed E-state index contributed by atoms with van der Waals surface area (Å²) >= 11 is 0. The third-order valence-electron chi connectivity index (χ3n) is 13.0. The molecular formula is C35H51F3O3. The van der Waals surface area contributed by atoms with E-state index >= 15 is 0 Å². The largest absolute Gasteiger partial charge is 0.449 e. The monoisotopic (exact) mass is 576 g/mol. The van der Waals surface area contributed by atoms with Gasteiger partial charge in [-0.1, -0.05) is 52.3 Å². The first kappa shape index (κ1) is 30.9. The lowest BCUT2D eigenvalue weighted by Gasteiger charge is -2.62. The maximum absolute atomic E-state index is 13.8. The molecule has 6 heteroatoms. The third kappa shape index (κ3) is 5.85. The summed E-state index contributed by atoms with van der Waals surface area (Å²) in [5.41, 5.74) is 0.261. The van der Waals surface area contributed by atoms with Crippen LogP contribution in [0.15, 0.2) is 30.3 Å². The number of carbonyl (C=O) groups is 1. The Bertz CT molecular complexity index is 1060. The normalized spacial score (nSPS) is 40.1. The van der Waals surface area contributed by atoms with Crippen LogP contribution in [0.2, 0.25) is 0 Å². The highest BCUT2D eigenvalue weighted by molar-refractivity contribution is 5.89. The Kier molecular flexibility index (Phi) is 8.67. The van der Waals surface area contributed by atoms with Gasteiger partial charge in [0.15, 0.2) is 6.10 Å². The Morgan fingerprint density at radius 2 is 1.68 bits per heavy atom. The van der Waals surface area contributed by atoms with E-state index in [1.54, 1.807) is 18.2 Å². The first-order chi connectivity index (χ1) is 19.3. The van der Waals surface area contributed by atoms with Crippen molar-refractivity contribution in [2.24, 2.45) is 46.3 Å². The van der Waals surface area contributed by atoms with Gasteiger partial charge >= 0.3 is 12.1 Å². The van der Waals surface area contributed by atoms with E-state index in [4.69, 9.17) is 4.74 Å². The molecule has 0 amide bonds. The molecule has 1 aromatic carbocycles. The lowest BCUT2D eigenvalue weighted by molar-refractivity contribution is -0.206. The highest BCUT2D eigenvalue weighted by atomic mass is 19.4. The molecular weight excluding hydrogens is 525 g/mol. The van der Waals surface area contributed by atoms with E-state index in [2.05, 4.69) is 27.7 Å². The summed E-state index contributed by atoms with van der Waals surface area (Å²) in [6, 6.07) is 7.92. The summed E-state index contributed by atoms with van der Waals surface area (Å²) in [5.74, 6) is 2.78. The number of benzene rings is 1. The Morgan fingerprint density at radius 1 is 0.976 bits per heavy atom. The molecule has 1 N–H and O–H groups in total. The number of esters is 1.